The van der Waals surface area contributed by atoms with Gasteiger partial charge in [-0.25, -0.2) is 0 Å². The van der Waals surface area contributed by atoms with E-state index in [0.29, 0.717) is 11.8 Å². The number of carbonyl (C=O) groups is 1. The Morgan fingerprint density at radius 3 is 2.33 bits per heavy atom. The van der Waals surface area contributed by atoms with E-state index in [1.165, 1.54) is 5.56 Å². The molecule has 0 bridgehead atoms. The van der Waals surface area contributed by atoms with Crippen LogP contribution in [0.25, 0.3) is 0 Å². The Morgan fingerprint density at radius 1 is 1.24 bits per heavy atom. The van der Waals surface area contributed by atoms with Gasteiger partial charge in [0.25, 0.3) is 0 Å². The molecule has 1 aromatic rings. The van der Waals surface area contributed by atoms with E-state index in [1.54, 1.807) is 0 Å². The standard InChI is InChI=1S/C17H23BrN2O/c18-15-4-2-14(3-5-15)17(8-1-9-17)16(21)20-10-6-13(12-19)7-11-20/h2-5,13H,1,6-12,19H2. The predicted molar refractivity (Wildman–Crippen MR) is 88.0 cm³/mol. The summed E-state index contributed by atoms with van der Waals surface area (Å²) >= 11 is 3.47. The highest BCUT2D eigenvalue weighted by atomic mass is 79.9. The molecule has 0 unspecified atom stereocenters. The number of benzene rings is 1. The average Bonchev–Trinajstić information content (AvgIpc) is 2.48. The van der Waals surface area contributed by atoms with Crippen LogP contribution in [0.15, 0.2) is 28.7 Å². The van der Waals surface area contributed by atoms with E-state index in [9.17, 15) is 4.79 Å². The first-order valence-corrected chi connectivity index (χ1v) is 8.70. The van der Waals surface area contributed by atoms with E-state index in [1.807, 2.05) is 12.1 Å². The van der Waals surface area contributed by atoms with Crippen molar-refractivity contribution < 1.29 is 4.79 Å². The molecule has 21 heavy (non-hydrogen) atoms. The van der Waals surface area contributed by atoms with Gasteiger partial charge >= 0.3 is 0 Å². The third-order valence-electron chi connectivity index (χ3n) is 5.25. The number of rotatable bonds is 3. The van der Waals surface area contributed by atoms with Gasteiger partial charge in [0, 0.05) is 17.6 Å². The second-order valence-electron chi connectivity index (χ2n) is 6.41. The summed E-state index contributed by atoms with van der Waals surface area (Å²) < 4.78 is 1.07. The molecule has 114 valence electrons. The van der Waals surface area contributed by atoms with Gasteiger partial charge in [0.15, 0.2) is 0 Å². The van der Waals surface area contributed by atoms with Gasteiger partial charge in [-0.1, -0.05) is 34.5 Å². The zero-order valence-electron chi connectivity index (χ0n) is 12.4. The number of halogens is 1. The summed E-state index contributed by atoms with van der Waals surface area (Å²) in [6.45, 7) is 2.50. The summed E-state index contributed by atoms with van der Waals surface area (Å²) in [6.07, 6.45) is 5.24. The second-order valence-corrected chi connectivity index (χ2v) is 7.33. The molecule has 2 aliphatic rings. The van der Waals surface area contributed by atoms with Crippen LogP contribution in [-0.4, -0.2) is 30.4 Å². The smallest absolute Gasteiger partial charge is 0.233 e. The average molecular weight is 351 g/mol. The largest absolute Gasteiger partial charge is 0.342 e. The second kappa shape index (κ2) is 6.09. The van der Waals surface area contributed by atoms with E-state index in [2.05, 4.69) is 33.0 Å². The molecule has 2 fully saturated rings. The molecule has 0 radical (unpaired) electrons. The van der Waals surface area contributed by atoms with E-state index >= 15 is 0 Å². The van der Waals surface area contributed by atoms with Gasteiger partial charge in [0.2, 0.25) is 5.91 Å². The highest BCUT2D eigenvalue weighted by Gasteiger charge is 2.47. The van der Waals surface area contributed by atoms with Crippen molar-refractivity contribution in [3.63, 3.8) is 0 Å². The molecule has 4 heteroatoms. The minimum absolute atomic E-state index is 0.254. The molecule has 1 saturated carbocycles. The number of hydrogen-bond acceptors (Lipinski definition) is 2. The van der Waals surface area contributed by atoms with Crippen LogP contribution in [0.2, 0.25) is 0 Å². The molecule has 1 aromatic carbocycles. The molecule has 3 nitrogen and oxygen atoms in total. The van der Waals surface area contributed by atoms with E-state index in [-0.39, 0.29) is 5.41 Å². The minimum Gasteiger partial charge on any atom is -0.342 e. The van der Waals surface area contributed by atoms with Crippen LogP contribution in [-0.2, 0) is 10.2 Å². The van der Waals surface area contributed by atoms with Crippen LogP contribution in [0.3, 0.4) is 0 Å². The lowest BCUT2D eigenvalue weighted by atomic mass is 9.63. The summed E-state index contributed by atoms with van der Waals surface area (Å²) in [5.74, 6) is 0.936. The maximum atomic E-state index is 13.1. The van der Waals surface area contributed by atoms with Crippen molar-refractivity contribution in [2.75, 3.05) is 19.6 Å². The Labute approximate surface area is 135 Å². The molecule has 1 aliphatic carbocycles. The maximum Gasteiger partial charge on any atom is 0.233 e. The Hall–Kier alpha value is -0.870. The lowest BCUT2D eigenvalue weighted by molar-refractivity contribution is -0.142. The van der Waals surface area contributed by atoms with Crippen molar-refractivity contribution in [2.24, 2.45) is 11.7 Å². The summed E-state index contributed by atoms with van der Waals surface area (Å²) in [5, 5.41) is 0. The van der Waals surface area contributed by atoms with Gasteiger partial charge in [0.1, 0.15) is 0 Å². The van der Waals surface area contributed by atoms with Crippen molar-refractivity contribution in [3.8, 4) is 0 Å². The molecule has 1 heterocycles. The van der Waals surface area contributed by atoms with Gasteiger partial charge in [0.05, 0.1) is 5.41 Å². The summed E-state index contributed by atoms with van der Waals surface area (Å²) in [6, 6.07) is 8.30. The molecule has 3 rings (SSSR count). The molecule has 1 amide bonds. The lowest BCUT2D eigenvalue weighted by Crippen LogP contribution is -2.53. The number of nitrogens with zero attached hydrogens (tertiary/aromatic N) is 1. The summed E-state index contributed by atoms with van der Waals surface area (Å²) in [4.78, 5) is 15.1. The zero-order chi connectivity index (χ0) is 14.9. The molecule has 0 spiro atoms. The Bertz CT molecular complexity index is 502. The van der Waals surface area contributed by atoms with Crippen LogP contribution in [0.1, 0.15) is 37.7 Å². The molecule has 1 aliphatic heterocycles. The highest BCUT2D eigenvalue weighted by molar-refractivity contribution is 9.10. The number of likely N-dealkylation sites (tertiary alicyclic amines) is 1. The molecular weight excluding hydrogens is 328 g/mol. The molecule has 0 aromatic heterocycles. The van der Waals surface area contributed by atoms with Gasteiger partial charge in [-0.15, -0.1) is 0 Å². The van der Waals surface area contributed by atoms with Crippen LogP contribution in [0.4, 0.5) is 0 Å². The number of carbonyl (C=O) groups excluding carboxylic acids is 1. The van der Waals surface area contributed by atoms with E-state index < -0.39 is 0 Å². The first kappa shape index (κ1) is 15.0. The van der Waals surface area contributed by atoms with Crippen molar-refractivity contribution in [2.45, 2.75) is 37.5 Å². The zero-order valence-corrected chi connectivity index (χ0v) is 13.9. The monoisotopic (exact) mass is 350 g/mol. The van der Waals surface area contributed by atoms with Crippen LogP contribution < -0.4 is 5.73 Å². The van der Waals surface area contributed by atoms with Gasteiger partial charge in [-0.05, 0) is 55.8 Å². The SMILES string of the molecule is NCC1CCN(C(=O)C2(c3ccc(Br)cc3)CCC2)CC1. The van der Waals surface area contributed by atoms with Crippen LogP contribution >= 0.6 is 15.9 Å². The third kappa shape index (κ3) is 2.76. The normalized spacial score (nSPS) is 21.9. The minimum atomic E-state index is -0.254. The molecular formula is C17H23BrN2O. The fourth-order valence-electron chi connectivity index (χ4n) is 3.60. The fourth-order valence-corrected chi connectivity index (χ4v) is 3.86. The Kier molecular flexibility index (Phi) is 4.36. The van der Waals surface area contributed by atoms with E-state index in [4.69, 9.17) is 5.73 Å². The number of hydrogen-bond donors (Lipinski definition) is 1. The number of amides is 1. The van der Waals surface area contributed by atoms with Crippen LogP contribution in [0, 0.1) is 5.92 Å². The molecule has 1 saturated heterocycles. The number of piperidine rings is 1. The van der Waals surface area contributed by atoms with Crippen molar-refractivity contribution in [1.29, 1.82) is 0 Å². The first-order chi connectivity index (χ1) is 10.2. The number of nitrogens with two attached hydrogens (primary N) is 1. The maximum absolute atomic E-state index is 13.1. The van der Waals surface area contributed by atoms with Crippen molar-refractivity contribution in [3.05, 3.63) is 34.3 Å². The van der Waals surface area contributed by atoms with Gasteiger partial charge in [-0.3, -0.25) is 4.79 Å². The van der Waals surface area contributed by atoms with Crippen LogP contribution in [0.5, 0.6) is 0 Å². The Balaban J connectivity index is 1.77. The fraction of sp³-hybridized carbons (Fsp3) is 0.588. The Morgan fingerprint density at radius 2 is 1.86 bits per heavy atom. The molecule has 2 N–H and O–H groups in total. The predicted octanol–water partition coefficient (Wildman–Crippen LogP) is 3.07. The topological polar surface area (TPSA) is 46.3 Å². The quantitative estimate of drug-likeness (QED) is 0.910. The molecule has 0 atom stereocenters. The first-order valence-electron chi connectivity index (χ1n) is 7.91. The van der Waals surface area contributed by atoms with Gasteiger partial charge in [-0.2, -0.15) is 0 Å². The van der Waals surface area contributed by atoms with Gasteiger partial charge < -0.3 is 10.6 Å². The lowest BCUT2D eigenvalue weighted by Gasteiger charge is -2.45. The van der Waals surface area contributed by atoms with Crippen molar-refractivity contribution in [1.82, 2.24) is 4.90 Å². The summed E-state index contributed by atoms with van der Waals surface area (Å²) in [5.41, 5.74) is 6.67. The van der Waals surface area contributed by atoms with E-state index in [0.717, 1.165) is 56.2 Å². The third-order valence-corrected chi connectivity index (χ3v) is 5.78. The summed E-state index contributed by atoms with van der Waals surface area (Å²) in [7, 11) is 0. The van der Waals surface area contributed by atoms with Crippen molar-refractivity contribution >= 4 is 21.8 Å². The highest BCUT2D eigenvalue weighted by Crippen LogP contribution is 2.45.